The van der Waals surface area contributed by atoms with Gasteiger partial charge in [0, 0.05) is 24.7 Å². The lowest BCUT2D eigenvalue weighted by Crippen LogP contribution is -3.00. The van der Waals surface area contributed by atoms with Gasteiger partial charge in [-0.05, 0) is 49.6 Å². The number of hydrogen-bond acceptors (Lipinski definition) is 3. The predicted octanol–water partition coefficient (Wildman–Crippen LogP) is 6.07. The van der Waals surface area contributed by atoms with Crippen molar-refractivity contribution in [1.29, 1.82) is 0 Å². The van der Waals surface area contributed by atoms with E-state index in [-0.39, 0.29) is 22.9 Å². The summed E-state index contributed by atoms with van der Waals surface area (Å²) in [5.41, 5.74) is 5.50. The Hall–Kier alpha value is -2.18. The van der Waals surface area contributed by atoms with Gasteiger partial charge in [0.1, 0.15) is 5.75 Å². The predicted molar refractivity (Wildman–Crippen MR) is 170 cm³/mol. The van der Waals surface area contributed by atoms with Crippen molar-refractivity contribution in [2.75, 3.05) is 18.1 Å². The summed E-state index contributed by atoms with van der Waals surface area (Å²) in [6.45, 7) is 8.30. The minimum Gasteiger partial charge on any atom is -1.00 e. The van der Waals surface area contributed by atoms with E-state index in [9.17, 15) is 4.79 Å². The van der Waals surface area contributed by atoms with Crippen LogP contribution in [0.3, 0.4) is 0 Å². The molecule has 0 atom stereocenters. The maximum absolute atomic E-state index is 12.5. The van der Waals surface area contributed by atoms with E-state index in [2.05, 4.69) is 66.5 Å². The largest absolute Gasteiger partial charge is 1.00 e. The highest BCUT2D eigenvalue weighted by Gasteiger charge is 2.14. The first kappa shape index (κ1) is 35.0. The van der Waals surface area contributed by atoms with Crippen molar-refractivity contribution < 1.29 is 31.1 Å². The minimum absolute atomic E-state index is 0. The van der Waals surface area contributed by atoms with Crippen LogP contribution in [0.25, 0.3) is 0 Å². The number of carbonyl (C=O) groups excluding carboxylic acids is 1. The number of amides is 1. The first-order valence-corrected chi connectivity index (χ1v) is 16.5. The summed E-state index contributed by atoms with van der Waals surface area (Å²) in [5.74, 6) is 1.00. The number of halogens is 1. The number of benzene rings is 2. The van der Waals surface area contributed by atoms with E-state index in [4.69, 9.17) is 4.74 Å². The van der Waals surface area contributed by atoms with Gasteiger partial charge in [0.15, 0.2) is 12.7 Å². The Labute approximate surface area is 263 Å². The van der Waals surface area contributed by atoms with Gasteiger partial charge in [-0.15, -0.1) is 0 Å². The van der Waals surface area contributed by atoms with Gasteiger partial charge >= 0.3 is 0 Å². The van der Waals surface area contributed by atoms with Crippen molar-refractivity contribution >= 4 is 22.9 Å². The molecule has 1 heterocycles. The molecule has 0 aliphatic carbocycles. The summed E-state index contributed by atoms with van der Waals surface area (Å²) in [7, 11) is 0. The third-order valence-corrected chi connectivity index (χ3v) is 8.36. The summed E-state index contributed by atoms with van der Waals surface area (Å²) < 4.78 is 8.18. The molecular weight excluding hydrogens is 592 g/mol. The summed E-state index contributed by atoms with van der Waals surface area (Å²) in [4.78, 5) is 15.7. The van der Waals surface area contributed by atoms with Crippen LogP contribution in [0.2, 0.25) is 0 Å². The number of hydrogen-bond donors (Lipinski definition) is 0. The van der Waals surface area contributed by atoms with E-state index in [1.165, 1.54) is 86.6 Å². The Morgan fingerprint density at radius 1 is 0.854 bits per heavy atom. The Morgan fingerprint density at radius 2 is 1.49 bits per heavy atom. The Kier molecular flexibility index (Phi) is 17.6. The topological polar surface area (TPSA) is 33.4 Å². The fraction of sp³-hybridized carbons (Fsp3) is 0.543. The molecule has 0 saturated heterocycles. The van der Waals surface area contributed by atoms with Gasteiger partial charge in [0.2, 0.25) is 11.4 Å². The lowest BCUT2D eigenvalue weighted by molar-refractivity contribution is -0.683. The molecule has 0 bridgehead atoms. The van der Waals surface area contributed by atoms with Crippen LogP contribution < -0.4 is 31.2 Å². The molecule has 1 aromatic heterocycles. The summed E-state index contributed by atoms with van der Waals surface area (Å²) in [5, 5.41) is 0. The molecule has 41 heavy (non-hydrogen) atoms. The van der Waals surface area contributed by atoms with E-state index >= 15 is 0 Å². The number of anilines is 1. The van der Waals surface area contributed by atoms with Crippen LogP contribution in [0.1, 0.15) is 107 Å². The van der Waals surface area contributed by atoms with Crippen molar-refractivity contribution in [3.63, 3.8) is 0 Å². The molecule has 226 valence electrons. The summed E-state index contributed by atoms with van der Waals surface area (Å²) in [6, 6.07) is 16.7. The number of ether oxygens (including phenoxy) is 1. The smallest absolute Gasteiger partial charge is 0.225 e. The molecule has 4 nitrogen and oxygen atoms in total. The van der Waals surface area contributed by atoms with E-state index in [1.807, 2.05) is 17.0 Å². The van der Waals surface area contributed by atoms with Gasteiger partial charge in [-0.2, -0.15) is 4.57 Å². The van der Waals surface area contributed by atoms with E-state index in [1.54, 1.807) is 18.3 Å². The third-order valence-electron chi connectivity index (χ3n) is 7.50. The average Bonchev–Trinajstić information content (AvgIpc) is 3.36. The van der Waals surface area contributed by atoms with Crippen LogP contribution in [-0.2, 0) is 17.8 Å². The highest BCUT2D eigenvalue weighted by atomic mass is 79.9. The number of carbonyl (C=O) groups is 1. The molecule has 1 amide bonds. The molecule has 0 aliphatic heterocycles. The lowest BCUT2D eigenvalue weighted by atomic mass is 10.1. The molecule has 2 aromatic carbocycles. The Bertz CT molecular complexity index is 1120. The zero-order valence-electron chi connectivity index (χ0n) is 25.6. The highest BCUT2D eigenvalue weighted by molar-refractivity contribution is 7.09. The number of thiazole rings is 1. The zero-order chi connectivity index (χ0) is 28.4. The van der Waals surface area contributed by atoms with Gasteiger partial charge in [-0.25, -0.2) is 0 Å². The third kappa shape index (κ3) is 14.0. The minimum atomic E-state index is 0. The molecule has 0 saturated carbocycles. The van der Waals surface area contributed by atoms with E-state index in [0.717, 1.165) is 37.4 Å². The van der Waals surface area contributed by atoms with Crippen LogP contribution in [0.15, 0.2) is 60.2 Å². The molecule has 0 aliphatic rings. The van der Waals surface area contributed by atoms with Gasteiger partial charge in [0.05, 0.1) is 11.5 Å². The molecule has 0 fully saturated rings. The number of rotatable bonds is 20. The lowest BCUT2D eigenvalue weighted by Gasteiger charge is -2.22. The fourth-order valence-corrected chi connectivity index (χ4v) is 5.79. The van der Waals surface area contributed by atoms with Crippen molar-refractivity contribution in [3.05, 3.63) is 76.2 Å². The summed E-state index contributed by atoms with van der Waals surface area (Å²) >= 11 is 1.75. The van der Waals surface area contributed by atoms with Crippen molar-refractivity contribution in [2.24, 2.45) is 0 Å². The second-order valence-corrected chi connectivity index (χ2v) is 12.2. The number of aromatic nitrogens is 1. The van der Waals surface area contributed by atoms with E-state index < -0.39 is 0 Å². The second-order valence-electron chi connectivity index (χ2n) is 11.1. The van der Waals surface area contributed by atoms with Crippen LogP contribution in [0, 0.1) is 6.92 Å². The first-order valence-electron chi connectivity index (χ1n) is 15.6. The van der Waals surface area contributed by atoms with Crippen LogP contribution >= 0.6 is 11.3 Å². The molecule has 0 radical (unpaired) electrons. The Balaban J connectivity index is 0.00000588. The highest BCUT2D eigenvalue weighted by Crippen LogP contribution is 2.19. The molecular formula is C35H51BrN2O2S. The van der Waals surface area contributed by atoms with Crippen LogP contribution in [-0.4, -0.2) is 19.1 Å². The van der Waals surface area contributed by atoms with Gasteiger partial charge in [-0.3, -0.25) is 4.79 Å². The SMILES string of the molecule is CCCCCCCCCCCCCCOc1ccc(CCN(C(C)=O)c2cccc(C[n+]3csc(C)c3)c2)cc1.[Br-]. The monoisotopic (exact) mass is 642 g/mol. The number of nitrogens with zero attached hydrogens (tertiary/aromatic N) is 2. The Morgan fingerprint density at radius 3 is 2.07 bits per heavy atom. The van der Waals surface area contributed by atoms with E-state index in [0.29, 0.717) is 6.54 Å². The van der Waals surface area contributed by atoms with Gasteiger partial charge in [-0.1, -0.05) is 113 Å². The fourth-order valence-electron chi connectivity index (χ4n) is 5.16. The summed E-state index contributed by atoms with van der Waals surface area (Å²) in [6.07, 6.45) is 19.2. The van der Waals surface area contributed by atoms with Crippen molar-refractivity contribution in [3.8, 4) is 5.75 Å². The number of aryl methyl sites for hydroxylation is 1. The maximum Gasteiger partial charge on any atom is 0.225 e. The van der Waals surface area contributed by atoms with Crippen molar-refractivity contribution in [1.82, 2.24) is 0 Å². The van der Waals surface area contributed by atoms with Crippen LogP contribution in [0.4, 0.5) is 5.69 Å². The molecule has 0 spiro atoms. The molecule has 0 unspecified atom stereocenters. The quantitative estimate of drug-likeness (QED) is 0.111. The standard InChI is InChI=1S/C35H51N2O2S.BrH/c1-4-5-6-7-8-9-10-11-12-13-14-15-25-39-35-21-19-32(20-22-35)23-24-37(31(3)38)34-18-16-17-33(26-34)28-36-27-30(2)40-29-36;/h16-22,26-27,29H,4-15,23-25,28H2,1-3H3;1H/q+1;/p-1. The molecule has 3 aromatic rings. The first-order chi connectivity index (χ1) is 19.5. The molecule has 6 heteroatoms. The zero-order valence-corrected chi connectivity index (χ0v) is 28.0. The second kappa shape index (κ2) is 20.7. The molecule has 3 rings (SSSR count). The van der Waals surface area contributed by atoms with Gasteiger partial charge in [0.25, 0.3) is 0 Å². The van der Waals surface area contributed by atoms with Gasteiger partial charge < -0.3 is 26.6 Å². The molecule has 0 N–H and O–H groups in total. The average molecular weight is 644 g/mol. The van der Waals surface area contributed by atoms with Crippen LogP contribution in [0.5, 0.6) is 5.75 Å². The number of unbranched alkanes of at least 4 members (excludes halogenated alkanes) is 11. The van der Waals surface area contributed by atoms with Crippen molar-refractivity contribution in [2.45, 2.75) is 111 Å². The maximum atomic E-state index is 12.5. The normalized spacial score (nSPS) is 10.8.